The third-order valence-electron chi connectivity index (χ3n) is 6.13. The van der Waals surface area contributed by atoms with E-state index in [-0.39, 0.29) is 42.7 Å². The quantitative estimate of drug-likeness (QED) is 0.581. The van der Waals surface area contributed by atoms with Gasteiger partial charge in [0, 0.05) is 43.7 Å². The van der Waals surface area contributed by atoms with Gasteiger partial charge in [-0.2, -0.15) is 0 Å². The Kier molecular flexibility index (Phi) is 9.39. The number of carbonyl (C=O) groups excluding carboxylic acids is 2. The number of hydrogen-bond donors (Lipinski definition) is 1. The molecule has 0 spiro atoms. The van der Waals surface area contributed by atoms with Crippen LogP contribution >= 0.6 is 0 Å². The van der Waals surface area contributed by atoms with E-state index in [9.17, 15) is 14.7 Å². The van der Waals surface area contributed by atoms with E-state index in [0.29, 0.717) is 30.8 Å². The van der Waals surface area contributed by atoms with Gasteiger partial charge < -0.3 is 19.6 Å². The van der Waals surface area contributed by atoms with E-state index in [1.54, 1.807) is 48.4 Å². The average Bonchev–Trinajstić information content (AvgIpc) is 2.86. The van der Waals surface area contributed by atoms with Gasteiger partial charge in [-0.05, 0) is 44.8 Å². The molecule has 3 heterocycles. The van der Waals surface area contributed by atoms with Crippen molar-refractivity contribution in [2.45, 2.75) is 32.4 Å². The second-order valence-corrected chi connectivity index (χ2v) is 9.55. The van der Waals surface area contributed by atoms with Crippen LogP contribution < -0.4 is 4.74 Å². The Morgan fingerprint density at radius 3 is 2.69 bits per heavy atom. The zero-order valence-corrected chi connectivity index (χ0v) is 21.6. The Labute approximate surface area is 213 Å². The minimum absolute atomic E-state index is 0.0459. The van der Waals surface area contributed by atoms with Gasteiger partial charge in [-0.25, -0.2) is 4.98 Å². The first kappa shape index (κ1) is 27.1. The van der Waals surface area contributed by atoms with Crippen molar-refractivity contribution in [2.75, 3.05) is 47.4 Å². The molecular weight excluding hydrogens is 458 g/mol. The zero-order chi connectivity index (χ0) is 26.2. The number of hydrogen-bond acceptors (Lipinski definition) is 7. The minimum atomic E-state index is -0.408. The molecule has 2 aromatic rings. The molecule has 36 heavy (non-hydrogen) atoms. The maximum Gasteiger partial charge on any atom is 0.259 e. The number of amides is 2. The molecule has 0 unspecified atom stereocenters. The maximum atomic E-state index is 13.5. The third-order valence-corrected chi connectivity index (χ3v) is 6.13. The van der Waals surface area contributed by atoms with Gasteiger partial charge in [0.1, 0.15) is 11.7 Å². The molecule has 1 N–H and O–H groups in total. The van der Waals surface area contributed by atoms with Crippen molar-refractivity contribution in [3.63, 3.8) is 0 Å². The van der Waals surface area contributed by atoms with Gasteiger partial charge in [-0.15, -0.1) is 0 Å². The summed E-state index contributed by atoms with van der Waals surface area (Å²) in [5.74, 6) is 5.88. The molecule has 0 saturated heterocycles. The van der Waals surface area contributed by atoms with Crippen LogP contribution in [0.2, 0.25) is 0 Å². The largest absolute Gasteiger partial charge is 0.472 e. The highest BCUT2D eigenvalue weighted by Gasteiger charge is 2.34. The minimum Gasteiger partial charge on any atom is -0.472 e. The summed E-state index contributed by atoms with van der Waals surface area (Å²) in [6.45, 7) is 4.89. The van der Waals surface area contributed by atoms with Gasteiger partial charge in [0.2, 0.25) is 11.8 Å². The van der Waals surface area contributed by atoms with Crippen LogP contribution in [0.3, 0.4) is 0 Å². The molecule has 0 saturated carbocycles. The molecule has 192 valence electrons. The number of aliphatic hydroxyl groups is 1. The van der Waals surface area contributed by atoms with Crippen molar-refractivity contribution >= 4 is 11.8 Å². The fourth-order valence-electron chi connectivity index (χ4n) is 3.87. The second-order valence-electron chi connectivity index (χ2n) is 9.55. The summed E-state index contributed by atoms with van der Waals surface area (Å²) in [7, 11) is 5.60. The highest BCUT2D eigenvalue weighted by Crippen LogP contribution is 2.27. The van der Waals surface area contributed by atoms with Gasteiger partial charge in [-0.3, -0.25) is 19.5 Å². The van der Waals surface area contributed by atoms with Crippen molar-refractivity contribution in [3.05, 3.63) is 53.5 Å². The lowest BCUT2D eigenvalue weighted by atomic mass is 9.99. The Hall–Kier alpha value is -3.48. The molecule has 9 nitrogen and oxygen atoms in total. The summed E-state index contributed by atoms with van der Waals surface area (Å²) in [5.41, 5.74) is 1.80. The van der Waals surface area contributed by atoms with Crippen LogP contribution in [0, 0.1) is 17.8 Å². The highest BCUT2D eigenvalue weighted by atomic mass is 16.5. The van der Waals surface area contributed by atoms with Crippen molar-refractivity contribution in [1.82, 2.24) is 24.7 Å². The lowest BCUT2D eigenvalue weighted by Crippen LogP contribution is -2.50. The summed E-state index contributed by atoms with van der Waals surface area (Å²) >= 11 is 0. The van der Waals surface area contributed by atoms with Crippen molar-refractivity contribution < 1.29 is 19.4 Å². The molecule has 1 aliphatic rings. The van der Waals surface area contributed by atoms with Crippen LogP contribution in [0.1, 0.15) is 35.3 Å². The second kappa shape index (κ2) is 12.5. The monoisotopic (exact) mass is 493 g/mol. The number of rotatable bonds is 7. The number of fused-ring (bicyclic) bond motifs is 1. The lowest BCUT2D eigenvalue weighted by Gasteiger charge is -2.37. The molecule has 0 radical (unpaired) electrons. The molecule has 0 bridgehead atoms. The fourth-order valence-corrected chi connectivity index (χ4v) is 3.87. The van der Waals surface area contributed by atoms with E-state index in [0.717, 1.165) is 5.56 Å². The summed E-state index contributed by atoms with van der Waals surface area (Å²) < 4.78 is 6.27. The van der Waals surface area contributed by atoms with E-state index in [2.05, 4.69) is 21.8 Å². The average molecular weight is 494 g/mol. The van der Waals surface area contributed by atoms with Crippen LogP contribution in [-0.2, 0) is 11.2 Å². The topological polar surface area (TPSA) is 99.1 Å². The predicted octanol–water partition coefficient (Wildman–Crippen LogP) is 1.31. The number of aliphatic hydroxyl groups excluding tert-OH is 1. The van der Waals surface area contributed by atoms with Gasteiger partial charge in [-0.1, -0.05) is 18.8 Å². The molecule has 1 aliphatic heterocycles. The number of carbonyl (C=O) groups is 2. The summed E-state index contributed by atoms with van der Waals surface area (Å²) in [6.07, 6.45) is 4.78. The molecule has 3 rings (SSSR count). The highest BCUT2D eigenvalue weighted by molar-refractivity contribution is 5.97. The number of aromatic nitrogens is 2. The molecule has 2 amide bonds. The SMILES string of the molecule is C[C@H]1CN([C@@H](C)CO)C(=O)c2cc(C#CCN(C)C)cnc2O[C@@H]1CN(C)C(=O)Cc1ccncc1. The van der Waals surface area contributed by atoms with E-state index >= 15 is 0 Å². The van der Waals surface area contributed by atoms with E-state index < -0.39 is 6.10 Å². The number of pyridine rings is 2. The third kappa shape index (κ3) is 7.03. The maximum absolute atomic E-state index is 13.5. The van der Waals surface area contributed by atoms with Gasteiger partial charge >= 0.3 is 0 Å². The van der Waals surface area contributed by atoms with Crippen LogP contribution in [0.15, 0.2) is 36.8 Å². The Balaban J connectivity index is 1.87. The van der Waals surface area contributed by atoms with E-state index in [4.69, 9.17) is 4.74 Å². The van der Waals surface area contributed by atoms with Gasteiger partial charge in [0.05, 0.1) is 32.2 Å². The molecular formula is C27H35N5O4. The van der Waals surface area contributed by atoms with Crippen molar-refractivity contribution in [1.29, 1.82) is 0 Å². The van der Waals surface area contributed by atoms with Gasteiger partial charge in [0.25, 0.3) is 5.91 Å². The summed E-state index contributed by atoms with van der Waals surface area (Å²) in [4.78, 5) is 40.0. The molecule has 0 aliphatic carbocycles. The first-order valence-corrected chi connectivity index (χ1v) is 12.0. The van der Waals surface area contributed by atoms with Crippen molar-refractivity contribution in [3.8, 4) is 17.7 Å². The molecule has 2 aromatic heterocycles. The van der Waals surface area contributed by atoms with Crippen LogP contribution in [0.4, 0.5) is 0 Å². The number of nitrogens with zero attached hydrogens (tertiary/aromatic N) is 5. The first-order chi connectivity index (χ1) is 17.2. The Morgan fingerprint density at radius 2 is 2.03 bits per heavy atom. The summed E-state index contributed by atoms with van der Waals surface area (Å²) in [6, 6.07) is 4.94. The predicted molar refractivity (Wildman–Crippen MR) is 136 cm³/mol. The van der Waals surface area contributed by atoms with Gasteiger partial charge in [0.15, 0.2) is 0 Å². The normalized spacial score (nSPS) is 18.3. The molecule has 3 atom stereocenters. The van der Waals surface area contributed by atoms with E-state index in [1.165, 1.54) is 0 Å². The Morgan fingerprint density at radius 1 is 1.31 bits per heavy atom. The lowest BCUT2D eigenvalue weighted by molar-refractivity contribution is -0.130. The van der Waals surface area contributed by atoms with E-state index in [1.807, 2.05) is 38.1 Å². The molecule has 0 fully saturated rings. The van der Waals surface area contributed by atoms with Crippen molar-refractivity contribution in [2.24, 2.45) is 5.92 Å². The van der Waals surface area contributed by atoms with Crippen LogP contribution in [0.25, 0.3) is 0 Å². The first-order valence-electron chi connectivity index (χ1n) is 12.0. The zero-order valence-electron chi connectivity index (χ0n) is 21.6. The number of likely N-dealkylation sites (N-methyl/N-ethyl adjacent to an activating group) is 1. The molecule has 9 heteroatoms. The fraction of sp³-hybridized carbons (Fsp3) is 0.481. The summed E-state index contributed by atoms with van der Waals surface area (Å²) in [5, 5.41) is 9.82. The number of ether oxygens (including phenoxy) is 1. The van der Waals surface area contributed by atoms with Crippen LogP contribution in [0.5, 0.6) is 5.88 Å². The standard InChI is InChI=1S/C27H35N5O4/c1-19-16-32(20(2)18-33)27(35)23-13-22(7-6-12-30(3)4)15-29-26(23)36-24(19)17-31(5)25(34)14-21-8-10-28-11-9-21/h8-11,13,15,19-20,24,33H,12,14,16-18H2,1-5H3/t19-,20-,24+/m0/s1. The molecule has 0 aromatic carbocycles. The van der Waals surface area contributed by atoms with Crippen LogP contribution in [-0.4, -0.2) is 101 Å². The smallest absolute Gasteiger partial charge is 0.259 e. The Bertz CT molecular complexity index is 1110.